The normalized spacial score (nSPS) is 20.5. The van der Waals surface area contributed by atoms with Crippen LogP contribution in [-0.4, -0.2) is 60.8 Å². The number of carbonyl (C=O) groups excluding carboxylic acids is 2. The van der Waals surface area contributed by atoms with Crippen LogP contribution in [0.15, 0.2) is 48.7 Å². The van der Waals surface area contributed by atoms with Crippen LogP contribution in [0.25, 0.3) is 33.6 Å². The molecule has 3 atom stereocenters. The van der Waals surface area contributed by atoms with Gasteiger partial charge in [-0.2, -0.15) is 0 Å². The summed E-state index contributed by atoms with van der Waals surface area (Å²) in [6, 6.07) is 15.1. The van der Waals surface area contributed by atoms with Gasteiger partial charge in [0.2, 0.25) is 0 Å². The molecule has 0 bridgehead atoms. The maximum Gasteiger partial charge on any atom is 0.410 e. The van der Waals surface area contributed by atoms with Gasteiger partial charge in [-0.3, -0.25) is 4.90 Å². The molecule has 7 rings (SSSR count). The number of nitrogens with zero attached hydrogens (tertiary/aromatic N) is 3. The van der Waals surface area contributed by atoms with E-state index >= 15 is 0 Å². The molecule has 4 aromatic rings. The molecule has 10 nitrogen and oxygen atoms in total. The highest BCUT2D eigenvalue weighted by Crippen LogP contribution is 2.39. The van der Waals surface area contributed by atoms with Crippen molar-refractivity contribution < 1.29 is 19.1 Å². The van der Waals surface area contributed by atoms with Crippen molar-refractivity contribution in [2.45, 2.75) is 116 Å². The van der Waals surface area contributed by atoms with Gasteiger partial charge in [0.25, 0.3) is 0 Å². The van der Waals surface area contributed by atoms with Gasteiger partial charge < -0.3 is 24.8 Å². The van der Waals surface area contributed by atoms with Crippen LogP contribution in [0.5, 0.6) is 0 Å². The number of hydrogen-bond donors (Lipinski definition) is 3. The largest absolute Gasteiger partial charge is 0.444 e. The Kier molecular flexibility index (Phi) is 8.53. The van der Waals surface area contributed by atoms with Crippen LogP contribution in [0.3, 0.4) is 0 Å². The molecular formula is C39H48N6O4. The lowest BCUT2D eigenvalue weighted by Gasteiger charge is -2.27. The summed E-state index contributed by atoms with van der Waals surface area (Å²) >= 11 is 0. The van der Waals surface area contributed by atoms with Crippen LogP contribution >= 0.6 is 0 Å². The standard InChI is InChI=1S/C39H48N6O4/c1-38(2,3)48-36(46)43-29-10-7-9-28(29)34-40-22-31(42-34)24-14-12-23(13-15-24)25-16-18-27-26(21-25)17-19-30-33(27)44-35(41-30)32-11-8-20-45(32)37(47)49-39(4,5)6/h12-16,18,21-22,28-29,32H,7-11,17,19-20H2,1-6H3,(H,40,42)(H,41,44)(H,43,46)/t28-,29+,32-/m0/s1. The van der Waals surface area contributed by atoms with Gasteiger partial charge in [0.15, 0.2) is 0 Å². The summed E-state index contributed by atoms with van der Waals surface area (Å²) in [6.07, 6.45) is 7.77. The number of imidazole rings is 2. The molecule has 0 spiro atoms. The number of H-pyrrole nitrogens is 2. The first kappa shape index (κ1) is 32.9. The molecule has 1 aliphatic heterocycles. The van der Waals surface area contributed by atoms with Crippen molar-refractivity contribution in [2.75, 3.05) is 6.54 Å². The lowest BCUT2D eigenvalue weighted by molar-refractivity contribution is 0.0218. The number of aryl methyl sites for hydroxylation is 2. The molecule has 2 fully saturated rings. The number of nitrogens with one attached hydrogen (secondary N) is 3. The minimum atomic E-state index is -0.533. The zero-order valence-corrected chi connectivity index (χ0v) is 29.5. The van der Waals surface area contributed by atoms with Gasteiger partial charge in [0, 0.05) is 29.8 Å². The van der Waals surface area contributed by atoms with Crippen molar-refractivity contribution in [1.82, 2.24) is 30.2 Å². The maximum atomic E-state index is 12.9. The Bertz CT molecular complexity index is 1840. The average Bonchev–Trinajstić information content (AvgIpc) is 3.84. The molecule has 1 saturated carbocycles. The summed E-state index contributed by atoms with van der Waals surface area (Å²) < 4.78 is 11.2. The second kappa shape index (κ2) is 12.7. The van der Waals surface area contributed by atoms with Gasteiger partial charge >= 0.3 is 12.2 Å². The van der Waals surface area contributed by atoms with Crippen LogP contribution in [0.2, 0.25) is 0 Å². The monoisotopic (exact) mass is 664 g/mol. The molecule has 2 aromatic carbocycles. The first-order valence-corrected chi connectivity index (χ1v) is 17.7. The fourth-order valence-corrected chi connectivity index (χ4v) is 7.49. The number of likely N-dealkylation sites (tertiary alicyclic amines) is 1. The number of amides is 2. The zero-order valence-electron chi connectivity index (χ0n) is 29.5. The van der Waals surface area contributed by atoms with Crippen LogP contribution in [-0.2, 0) is 22.3 Å². The van der Waals surface area contributed by atoms with Gasteiger partial charge in [-0.05, 0) is 102 Å². The van der Waals surface area contributed by atoms with E-state index in [1.54, 1.807) is 0 Å². The third kappa shape index (κ3) is 7.09. The van der Waals surface area contributed by atoms with E-state index in [1.807, 2.05) is 52.6 Å². The average molecular weight is 665 g/mol. The molecule has 49 heavy (non-hydrogen) atoms. The number of fused-ring (bicyclic) bond motifs is 3. The van der Waals surface area contributed by atoms with Gasteiger partial charge in [-0.1, -0.05) is 48.9 Å². The lowest BCUT2D eigenvalue weighted by Crippen LogP contribution is -2.40. The highest BCUT2D eigenvalue weighted by atomic mass is 16.6. The quantitative estimate of drug-likeness (QED) is 0.197. The van der Waals surface area contributed by atoms with Crippen molar-refractivity contribution in [2.24, 2.45) is 0 Å². The summed E-state index contributed by atoms with van der Waals surface area (Å²) in [4.78, 5) is 44.1. The Labute approximate surface area is 288 Å². The summed E-state index contributed by atoms with van der Waals surface area (Å²) in [6.45, 7) is 12.0. The minimum Gasteiger partial charge on any atom is -0.444 e. The predicted octanol–water partition coefficient (Wildman–Crippen LogP) is 8.47. The van der Waals surface area contributed by atoms with E-state index in [-0.39, 0.29) is 30.2 Å². The topological polar surface area (TPSA) is 125 Å². The number of carbonyl (C=O) groups is 2. The number of aromatic amines is 2. The van der Waals surface area contributed by atoms with Gasteiger partial charge in [0.1, 0.15) is 22.9 Å². The van der Waals surface area contributed by atoms with E-state index in [0.717, 1.165) is 90.4 Å². The van der Waals surface area contributed by atoms with Crippen LogP contribution in [0.1, 0.15) is 109 Å². The molecule has 258 valence electrons. The van der Waals surface area contributed by atoms with Crippen molar-refractivity contribution in [1.29, 1.82) is 0 Å². The zero-order chi connectivity index (χ0) is 34.5. The molecule has 3 N–H and O–H groups in total. The Balaban J connectivity index is 1.04. The molecule has 10 heteroatoms. The van der Waals surface area contributed by atoms with Crippen molar-refractivity contribution in [3.8, 4) is 33.6 Å². The molecule has 3 aliphatic rings. The van der Waals surface area contributed by atoms with E-state index in [9.17, 15) is 9.59 Å². The summed E-state index contributed by atoms with van der Waals surface area (Å²) in [5.41, 5.74) is 7.86. The molecule has 3 heterocycles. The molecule has 1 saturated heterocycles. The summed E-state index contributed by atoms with van der Waals surface area (Å²) in [5.74, 6) is 1.88. The Hall–Kier alpha value is -4.60. The summed E-state index contributed by atoms with van der Waals surface area (Å²) in [5, 5.41) is 3.07. The van der Waals surface area contributed by atoms with Crippen LogP contribution in [0, 0.1) is 0 Å². The fourth-order valence-electron chi connectivity index (χ4n) is 7.49. The number of rotatable bonds is 5. The molecular weight excluding hydrogens is 616 g/mol. The number of alkyl carbamates (subject to hydrolysis) is 1. The van der Waals surface area contributed by atoms with Crippen molar-refractivity contribution in [3.63, 3.8) is 0 Å². The lowest BCUT2D eigenvalue weighted by atomic mass is 9.89. The minimum absolute atomic E-state index is 0.000919. The smallest absolute Gasteiger partial charge is 0.410 e. The van der Waals surface area contributed by atoms with Crippen molar-refractivity contribution in [3.05, 3.63) is 71.6 Å². The van der Waals surface area contributed by atoms with E-state index in [0.29, 0.717) is 6.54 Å². The SMILES string of the molecule is CC(C)(C)OC(=O)N[C@@H]1CCC[C@@H]1c1ncc(-c2ccc(-c3ccc4c(c3)CCc3[nH]c([C@@H]5CCCN5C(=O)OC(C)(C)C)nc3-4)cc2)[nH]1. The predicted molar refractivity (Wildman–Crippen MR) is 189 cm³/mol. The van der Waals surface area contributed by atoms with Crippen LogP contribution < -0.4 is 5.32 Å². The molecule has 0 radical (unpaired) electrons. The highest BCUT2D eigenvalue weighted by molar-refractivity contribution is 5.76. The number of benzene rings is 2. The van der Waals surface area contributed by atoms with Gasteiger partial charge in [-0.25, -0.2) is 19.6 Å². The Morgan fingerprint density at radius 3 is 2.33 bits per heavy atom. The number of ether oxygens (including phenoxy) is 2. The highest BCUT2D eigenvalue weighted by Gasteiger charge is 2.36. The van der Waals surface area contributed by atoms with E-state index in [4.69, 9.17) is 19.4 Å². The summed E-state index contributed by atoms with van der Waals surface area (Å²) in [7, 11) is 0. The number of aromatic nitrogens is 4. The fraction of sp³-hybridized carbons (Fsp3) is 0.487. The number of hydrogen-bond acceptors (Lipinski definition) is 6. The van der Waals surface area contributed by atoms with E-state index in [2.05, 4.69) is 57.7 Å². The molecule has 2 aliphatic carbocycles. The van der Waals surface area contributed by atoms with Crippen LogP contribution in [0.4, 0.5) is 9.59 Å². The van der Waals surface area contributed by atoms with E-state index < -0.39 is 11.2 Å². The Morgan fingerprint density at radius 1 is 0.837 bits per heavy atom. The maximum absolute atomic E-state index is 12.9. The molecule has 0 unspecified atom stereocenters. The van der Waals surface area contributed by atoms with E-state index in [1.165, 1.54) is 11.1 Å². The van der Waals surface area contributed by atoms with Crippen molar-refractivity contribution >= 4 is 12.2 Å². The van der Waals surface area contributed by atoms with Gasteiger partial charge in [-0.15, -0.1) is 0 Å². The second-order valence-corrected chi connectivity index (χ2v) is 15.7. The first-order chi connectivity index (χ1) is 23.3. The second-order valence-electron chi connectivity index (χ2n) is 15.7. The molecule has 2 aromatic heterocycles. The van der Waals surface area contributed by atoms with Gasteiger partial charge in [0.05, 0.1) is 23.6 Å². The first-order valence-electron chi connectivity index (χ1n) is 17.7. The molecule has 2 amide bonds. The Morgan fingerprint density at radius 2 is 1.57 bits per heavy atom. The third-order valence-electron chi connectivity index (χ3n) is 9.69. The third-order valence-corrected chi connectivity index (χ3v) is 9.69.